The summed E-state index contributed by atoms with van der Waals surface area (Å²) in [7, 11) is -3.17. The normalized spacial score (nSPS) is 20.4. The lowest BCUT2D eigenvalue weighted by Gasteiger charge is -2.28. The molecule has 0 saturated carbocycles. The number of nitrogens with two attached hydrogens (primary N) is 1. The molecule has 1 atom stereocenters. The van der Waals surface area contributed by atoms with Gasteiger partial charge in [-0.2, -0.15) is 0 Å². The largest absolute Gasteiger partial charge is 0.396 e. The van der Waals surface area contributed by atoms with E-state index in [9.17, 15) is 17.6 Å². The molecular weight excluding hydrogens is 299 g/mol. The average Bonchev–Trinajstić information content (AvgIpc) is 2.78. The maximum atomic E-state index is 13.4. The average molecular weight is 316 g/mol. The molecular formula is C13H17FN2O4S. The fourth-order valence-electron chi connectivity index (χ4n) is 2.46. The number of nitrogens with zero attached hydrogens (tertiary/aromatic N) is 1. The predicted octanol–water partition coefficient (Wildman–Crippen LogP) is 0.0295. The lowest BCUT2D eigenvalue weighted by Crippen LogP contribution is -2.43. The maximum absolute atomic E-state index is 13.4. The van der Waals surface area contributed by atoms with Crippen LogP contribution in [0.5, 0.6) is 0 Å². The van der Waals surface area contributed by atoms with Crippen LogP contribution in [0.1, 0.15) is 16.8 Å². The molecule has 1 aliphatic heterocycles. The number of carbonyl (C=O) groups is 1. The molecule has 0 aromatic heterocycles. The Morgan fingerprint density at radius 3 is 2.76 bits per heavy atom. The van der Waals surface area contributed by atoms with E-state index in [1.165, 1.54) is 17.0 Å². The van der Waals surface area contributed by atoms with Gasteiger partial charge in [0.05, 0.1) is 29.4 Å². The van der Waals surface area contributed by atoms with Gasteiger partial charge in [0, 0.05) is 12.6 Å². The van der Waals surface area contributed by atoms with Crippen LogP contribution < -0.4 is 5.73 Å². The van der Waals surface area contributed by atoms with E-state index in [1.54, 1.807) is 0 Å². The number of rotatable bonds is 4. The van der Waals surface area contributed by atoms with Crippen molar-refractivity contribution in [2.45, 2.75) is 12.5 Å². The number of carbonyl (C=O) groups excluding carboxylic acids is 1. The van der Waals surface area contributed by atoms with Crippen molar-refractivity contribution in [3.05, 3.63) is 29.6 Å². The van der Waals surface area contributed by atoms with E-state index in [1.807, 2.05) is 0 Å². The number of hydrogen-bond donors (Lipinski definition) is 2. The van der Waals surface area contributed by atoms with E-state index < -0.39 is 27.6 Å². The van der Waals surface area contributed by atoms with Crippen molar-refractivity contribution in [2.24, 2.45) is 0 Å². The molecule has 1 saturated heterocycles. The topological polar surface area (TPSA) is 101 Å². The van der Waals surface area contributed by atoms with Crippen molar-refractivity contribution in [2.75, 3.05) is 30.4 Å². The van der Waals surface area contributed by atoms with E-state index in [4.69, 9.17) is 10.8 Å². The van der Waals surface area contributed by atoms with Crippen LogP contribution in [0.3, 0.4) is 0 Å². The molecule has 116 valence electrons. The molecule has 0 aliphatic carbocycles. The number of para-hydroxylation sites is 1. The molecule has 0 radical (unpaired) electrons. The van der Waals surface area contributed by atoms with Crippen LogP contribution in [0.4, 0.5) is 10.1 Å². The summed E-state index contributed by atoms with van der Waals surface area (Å²) in [6, 6.07) is 3.37. The Morgan fingerprint density at radius 1 is 1.48 bits per heavy atom. The van der Waals surface area contributed by atoms with Gasteiger partial charge >= 0.3 is 0 Å². The zero-order valence-electron chi connectivity index (χ0n) is 11.3. The van der Waals surface area contributed by atoms with Crippen LogP contribution >= 0.6 is 0 Å². The number of hydrogen-bond acceptors (Lipinski definition) is 5. The molecule has 1 unspecified atom stereocenters. The number of amides is 1. The Hall–Kier alpha value is -1.67. The van der Waals surface area contributed by atoms with Crippen LogP contribution in [0.2, 0.25) is 0 Å². The first-order chi connectivity index (χ1) is 9.85. The third kappa shape index (κ3) is 3.33. The first kappa shape index (κ1) is 15.7. The molecule has 1 aromatic carbocycles. The third-order valence-corrected chi connectivity index (χ3v) is 5.28. The Bertz CT molecular complexity index is 648. The molecule has 21 heavy (non-hydrogen) atoms. The van der Waals surface area contributed by atoms with Crippen LogP contribution in [-0.2, 0) is 9.84 Å². The standard InChI is InChI=1S/C13H17FN2O4S/c14-11-3-1-2-10(12(11)15)13(18)16(5-6-17)9-4-7-21(19,20)8-9/h1-3,9,17H,4-8,15H2. The summed E-state index contributed by atoms with van der Waals surface area (Å²) in [4.78, 5) is 13.7. The van der Waals surface area contributed by atoms with Gasteiger partial charge in [-0.3, -0.25) is 4.79 Å². The van der Waals surface area contributed by atoms with Gasteiger partial charge in [-0.1, -0.05) is 6.07 Å². The Morgan fingerprint density at radius 2 is 2.19 bits per heavy atom. The second kappa shape index (κ2) is 5.98. The molecule has 3 N–H and O–H groups in total. The third-order valence-electron chi connectivity index (χ3n) is 3.53. The highest BCUT2D eigenvalue weighted by molar-refractivity contribution is 7.91. The molecule has 6 nitrogen and oxygen atoms in total. The van der Waals surface area contributed by atoms with Crippen LogP contribution in [-0.4, -0.2) is 55.0 Å². The summed E-state index contributed by atoms with van der Waals surface area (Å²) in [5.41, 5.74) is 5.27. The second-order valence-corrected chi connectivity index (χ2v) is 7.21. The molecule has 1 fully saturated rings. The number of nitrogen functional groups attached to an aromatic ring is 1. The van der Waals surface area contributed by atoms with Gasteiger partial charge in [0.1, 0.15) is 5.82 Å². The van der Waals surface area contributed by atoms with Crippen molar-refractivity contribution in [3.8, 4) is 0 Å². The van der Waals surface area contributed by atoms with Gasteiger partial charge in [0.2, 0.25) is 0 Å². The summed E-state index contributed by atoms with van der Waals surface area (Å²) in [5, 5.41) is 9.10. The van der Waals surface area contributed by atoms with Crippen molar-refractivity contribution < 1.29 is 22.7 Å². The summed E-state index contributed by atoms with van der Waals surface area (Å²) < 4.78 is 36.5. The summed E-state index contributed by atoms with van der Waals surface area (Å²) >= 11 is 0. The first-order valence-electron chi connectivity index (χ1n) is 6.52. The highest BCUT2D eigenvalue weighted by Crippen LogP contribution is 2.23. The SMILES string of the molecule is Nc1c(F)cccc1C(=O)N(CCO)C1CCS(=O)(=O)C1. The molecule has 1 amide bonds. The van der Waals surface area contributed by atoms with Gasteiger partial charge < -0.3 is 15.7 Å². The Labute approximate surface area is 122 Å². The first-order valence-corrected chi connectivity index (χ1v) is 8.34. The minimum absolute atomic E-state index is 0.00546. The lowest BCUT2D eigenvalue weighted by atomic mass is 10.1. The molecule has 1 aliphatic rings. The highest BCUT2D eigenvalue weighted by Gasteiger charge is 2.35. The van der Waals surface area contributed by atoms with Crippen molar-refractivity contribution in [1.82, 2.24) is 4.90 Å². The fourth-order valence-corrected chi connectivity index (χ4v) is 4.19. The van der Waals surface area contributed by atoms with Crippen LogP contribution in [0.25, 0.3) is 0 Å². The number of aliphatic hydroxyl groups excluding tert-OH is 1. The van der Waals surface area contributed by atoms with Crippen molar-refractivity contribution in [1.29, 1.82) is 0 Å². The molecule has 8 heteroatoms. The predicted molar refractivity (Wildman–Crippen MR) is 76.0 cm³/mol. The molecule has 1 aromatic rings. The van der Waals surface area contributed by atoms with Gasteiger partial charge in [-0.05, 0) is 18.6 Å². The maximum Gasteiger partial charge on any atom is 0.256 e. The molecule has 0 spiro atoms. The minimum Gasteiger partial charge on any atom is -0.396 e. The summed E-state index contributed by atoms with van der Waals surface area (Å²) in [5.74, 6) is -1.41. The van der Waals surface area contributed by atoms with E-state index >= 15 is 0 Å². The number of aliphatic hydroxyl groups is 1. The smallest absolute Gasteiger partial charge is 0.256 e. The molecule has 1 heterocycles. The van der Waals surface area contributed by atoms with Crippen molar-refractivity contribution in [3.63, 3.8) is 0 Å². The number of sulfone groups is 1. The van der Waals surface area contributed by atoms with Crippen molar-refractivity contribution >= 4 is 21.4 Å². The molecule has 2 rings (SSSR count). The van der Waals surface area contributed by atoms with E-state index in [2.05, 4.69) is 0 Å². The van der Waals surface area contributed by atoms with Gasteiger partial charge in [-0.15, -0.1) is 0 Å². The Balaban J connectivity index is 2.30. The lowest BCUT2D eigenvalue weighted by molar-refractivity contribution is 0.0656. The minimum atomic E-state index is -3.17. The second-order valence-electron chi connectivity index (χ2n) is 4.98. The molecule has 0 bridgehead atoms. The van der Waals surface area contributed by atoms with E-state index in [0.717, 1.165) is 6.07 Å². The number of anilines is 1. The van der Waals surface area contributed by atoms with Crippen LogP contribution in [0.15, 0.2) is 18.2 Å². The highest BCUT2D eigenvalue weighted by atomic mass is 32.2. The summed E-state index contributed by atoms with van der Waals surface area (Å²) in [6.07, 6.45) is 0.309. The van der Waals surface area contributed by atoms with Gasteiger partial charge in [0.25, 0.3) is 5.91 Å². The quantitative estimate of drug-likeness (QED) is 0.763. The Kier molecular flexibility index (Phi) is 4.48. The zero-order chi connectivity index (χ0) is 15.6. The van der Waals surface area contributed by atoms with E-state index in [-0.39, 0.29) is 35.9 Å². The summed E-state index contributed by atoms with van der Waals surface area (Å²) in [6.45, 7) is -0.327. The number of halogens is 1. The van der Waals surface area contributed by atoms with Gasteiger partial charge in [-0.25, -0.2) is 12.8 Å². The van der Waals surface area contributed by atoms with Gasteiger partial charge in [0.15, 0.2) is 9.84 Å². The fraction of sp³-hybridized carbons (Fsp3) is 0.462. The zero-order valence-corrected chi connectivity index (χ0v) is 12.1. The monoisotopic (exact) mass is 316 g/mol. The number of benzene rings is 1. The van der Waals surface area contributed by atoms with E-state index in [0.29, 0.717) is 6.42 Å². The van der Waals surface area contributed by atoms with Crippen LogP contribution in [0, 0.1) is 5.82 Å².